The number of hydrogen-bond acceptors (Lipinski definition) is 3. The van der Waals surface area contributed by atoms with E-state index in [1.165, 1.54) is 0 Å². The van der Waals surface area contributed by atoms with Gasteiger partial charge in [0.2, 0.25) is 0 Å². The fourth-order valence-electron chi connectivity index (χ4n) is 2.12. The summed E-state index contributed by atoms with van der Waals surface area (Å²) < 4.78 is 5.40. The lowest BCUT2D eigenvalue weighted by Gasteiger charge is -2.15. The molecule has 1 atom stereocenters. The van der Waals surface area contributed by atoms with Crippen molar-refractivity contribution in [1.29, 1.82) is 0 Å². The smallest absolute Gasteiger partial charge is 0.191 e. The maximum absolute atomic E-state index is 5.40. The monoisotopic (exact) mass is 422 g/mol. The number of rotatable bonds is 8. The van der Waals surface area contributed by atoms with Gasteiger partial charge in [-0.2, -0.15) is 0 Å². The molecule has 0 aliphatic carbocycles. The fourth-order valence-corrected chi connectivity index (χ4v) is 2.12. The quantitative estimate of drug-likeness (QED) is 0.377. The van der Waals surface area contributed by atoms with Gasteiger partial charge in [-0.3, -0.25) is 0 Å². The first kappa shape index (κ1) is 21.2. The van der Waals surface area contributed by atoms with Gasteiger partial charge >= 0.3 is 0 Å². The molecule has 0 saturated heterocycles. The zero-order valence-electron chi connectivity index (χ0n) is 14.5. The van der Waals surface area contributed by atoms with Crippen LogP contribution in [0.2, 0.25) is 0 Å². The van der Waals surface area contributed by atoms with Crippen LogP contribution < -0.4 is 10.6 Å². The summed E-state index contributed by atoms with van der Waals surface area (Å²) in [5.41, 5.74) is 1.05. The maximum atomic E-state index is 5.40. The van der Waals surface area contributed by atoms with Crippen LogP contribution in [0.25, 0.3) is 0 Å². The van der Waals surface area contributed by atoms with E-state index in [0.717, 1.165) is 43.2 Å². The summed E-state index contributed by atoms with van der Waals surface area (Å²) in [5.74, 6) is 2.13. The molecule has 1 rings (SSSR count). The zero-order chi connectivity index (χ0) is 15.7. The van der Waals surface area contributed by atoms with E-state index in [9.17, 15) is 0 Å². The molecule has 1 aromatic rings. The van der Waals surface area contributed by atoms with E-state index >= 15 is 0 Å². The second-order valence-electron chi connectivity index (χ2n) is 5.38. The number of aromatic nitrogens is 1. The minimum absolute atomic E-state index is 0. The molecule has 0 spiro atoms. The van der Waals surface area contributed by atoms with E-state index in [2.05, 4.69) is 55.4 Å². The largest absolute Gasteiger partial charge is 0.359 e. The summed E-state index contributed by atoms with van der Waals surface area (Å²) in [6.07, 6.45) is 3.24. The number of guanidine groups is 1. The van der Waals surface area contributed by atoms with Gasteiger partial charge in [0.15, 0.2) is 11.7 Å². The summed E-state index contributed by atoms with van der Waals surface area (Å²) in [7, 11) is 0. The summed E-state index contributed by atoms with van der Waals surface area (Å²) in [5, 5.41) is 10.8. The minimum atomic E-state index is 0. The van der Waals surface area contributed by atoms with Crippen molar-refractivity contribution in [3.05, 3.63) is 17.5 Å². The van der Waals surface area contributed by atoms with Crippen LogP contribution in [0.1, 0.15) is 71.3 Å². The number of aliphatic imine (C=N–C) groups is 1. The van der Waals surface area contributed by atoms with Crippen LogP contribution in [0.3, 0.4) is 0 Å². The van der Waals surface area contributed by atoms with Crippen molar-refractivity contribution in [3.8, 4) is 0 Å². The summed E-state index contributed by atoms with van der Waals surface area (Å²) in [4.78, 5) is 4.56. The number of nitrogens with zero attached hydrogens (tertiary/aromatic N) is 2. The van der Waals surface area contributed by atoms with Crippen molar-refractivity contribution in [3.63, 3.8) is 0 Å². The van der Waals surface area contributed by atoms with Gasteiger partial charge in [-0.05, 0) is 33.1 Å². The van der Waals surface area contributed by atoms with Gasteiger partial charge in [0.1, 0.15) is 6.54 Å². The van der Waals surface area contributed by atoms with Crippen LogP contribution in [0.5, 0.6) is 0 Å². The van der Waals surface area contributed by atoms with Gasteiger partial charge in [-0.25, -0.2) is 4.99 Å². The van der Waals surface area contributed by atoms with E-state index in [1.807, 2.05) is 6.07 Å². The molecule has 6 heteroatoms. The molecule has 0 aromatic carbocycles. The molecule has 5 nitrogen and oxygen atoms in total. The molecular weight excluding hydrogens is 391 g/mol. The highest BCUT2D eigenvalue weighted by atomic mass is 127. The Morgan fingerprint density at radius 3 is 2.45 bits per heavy atom. The van der Waals surface area contributed by atoms with Crippen molar-refractivity contribution in [1.82, 2.24) is 15.8 Å². The van der Waals surface area contributed by atoms with Crippen molar-refractivity contribution in [2.45, 2.75) is 72.4 Å². The highest BCUT2D eigenvalue weighted by Gasteiger charge is 2.12. The Hall–Kier alpha value is -0.790. The van der Waals surface area contributed by atoms with Gasteiger partial charge < -0.3 is 15.2 Å². The molecule has 1 aromatic heterocycles. The van der Waals surface area contributed by atoms with E-state index in [1.54, 1.807) is 0 Å². The van der Waals surface area contributed by atoms with Crippen LogP contribution in [0, 0.1) is 0 Å². The molecule has 0 aliphatic heterocycles. The van der Waals surface area contributed by atoms with E-state index in [4.69, 9.17) is 4.52 Å². The lowest BCUT2D eigenvalue weighted by Crippen LogP contribution is -2.41. The Morgan fingerprint density at radius 1 is 1.23 bits per heavy atom. The van der Waals surface area contributed by atoms with E-state index < -0.39 is 0 Å². The zero-order valence-corrected chi connectivity index (χ0v) is 16.8. The first-order valence-electron chi connectivity index (χ1n) is 8.14. The van der Waals surface area contributed by atoms with Gasteiger partial charge in [0.05, 0.1) is 5.69 Å². The second-order valence-corrected chi connectivity index (χ2v) is 5.38. The Bertz CT molecular complexity index is 430. The van der Waals surface area contributed by atoms with Crippen LogP contribution >= 0.6 is 24.0 Å². The van der Waals surface area contributed by atoms with Crippen molar-refractivity contribution < 1.29 is 4.52 Å². The molecule has 0 fully saturated rings. The Labute approximate surface area is 151 Å². The van der Waals surface area contributed by atoms with E-state index in [0.29, 0.717) is 18.5 Å². The van der Waals surface area contributed by atoms with Gasteiger partial charge in [0.25, 0.3) is 0 Å². The molecule has 0 amide bonds. The van der Waals surface area contributed by atoms with Crippen molar-refractivity contribution in [2.24, 2.45) is 4.99 Å². The van der Waals surface area contributed by atoms with E-state index in [-0.39, 0.29) is 24.0 Å². The normalized spacial score (nSPS) is 12.9. The van der Waals surface area contributed by atoms with Gasteiger partial charge in [0, 0.05) is 24.6 Å². The highest BCUT2D eigenvalue weighted by Crippen LogP contribution is 2.22. The maximum Gasteiger partial charge on any atom is 0.191 e. The summed E-state index contributed by atoms with van der Waals surface area (Å²) >= 11 is 0. The Morgan fingerprint density at radius 2 is 1.91 bits per heavy atom. The average molecular weight is 422 g/mol. The van der Waals surface area contributed by atoms with Crippen LogP contribution in [-0.2, 0) is 6.54 Å². The number of nitrogens with one attached hydrogen (secondary N) is 2. The lowest BCUT2D eigenvalue weighted by molar-refractivity contribution is 0.372. The second kappa shape index (κ2) is 11.7. The lowest BCUT2D eigenvalue weighted by atomic mass is 9.99. The van der Waals surface area contributed by atoms with Crippen LogP contribution in [-0.4, -0.2) is 23.7 Å². The number of halogens is 1. The van der Waals surface area contributed by atoms with Gasteiger partial charge in [-0.1, -0.05) is 25.9 Å². The molecular formula is C16H31IN4O. The topological polar surface area (TPSA) is 62.5 Å². The summed E-state index contributed by atoms with van der Waals surface area (Å²) in [6, 6.07) is 2.44. The van der Waals surface area contributed by atoms with Gasteiger partial charge in [-0.15, -0.1) is 24.0 Å². The standard InChI is InChI=1S/C16H30N4O.HI/c1-6-12(5)19-16(17-9-4)18-11-14-10-15(20-21-14)13(7-2)8-3;/h10,12-13H,6-9,11H2,1-5H3,(H2,17,18,19);1H. The molecule has 22 heavy (non-hydrogen) atoms. The Balaban J connectivity index is 0.00000441. The minimum Gasteiger partial charge on any atom is -0.359 e. The molecule has 0 bridgehead atoms. The molecule has 128 valence electrons. The first-order valence-corrected chi connectivity index (χ1v) is 8.14. The third kappa shape index (κ3) is 6.98. The molecule has 0 aliphatic rings. The average Bonchev–Trinajstić information content (AvgIpc) is 2.95. The van der Waals surface area contributed by atoms with Crippen LogP contribution in [0.15, 0.2) is 15.6 Å². The molecule has 0 radical (unpaired) electrons. The molecule has 1 heterocycles. The predicted octanol–water partition coefficient (Wildman–Crippen LogP) is 4.05. The highest BCUT2D eigenvalue weighted by molar-refractivity contribution is 14.0. The predicted molar refractivity (Wildman–Crippen MR) is 103 cm³/mol. The third-order valence-corrected chi connectivity index (χ3v) is 3.71. The van der Waals surface area contributed by atoms with Crippen molar-refractivity contribution in [2.75, 3.05) is 6.54 Å². The molecule has 1 unspecified atom stereocenters. The van der Waals surface area contributed by atoms with Crippen LogP contribution in [0.4, 0.5) is 0 Å². The summed E-state index contributed by atoms with van der Waals surface area (Å²) in [6.45, 7) is 12.1. The SMILES string of the molecule is CCNC(=NCc1cc(C(CC)CC)no1)NC(C)CC.I. The number of hydrogen-bond donors (Lipinski definition) is 2. The fraction of sp³-hybridized carbons (Fsp3) is 0.750. The van der Waals surface area contributed by atoms with Crippen molar-refractivity contribution >= 4 is 29.9 Å². The third-order valence-electron chi connectivity index (χ3n) is 3.71. The molecule has 2 N–H and O–H groups in total. The molecule has 0 saturated carbocycles. The Kier molecular flexibility index (Phi) is 11.3. The first-order chi connectivity index (χ1) is 10.1.